The number of pyridine rings is 1. The van der Waals surface area contributed by atoms with Gasteiger partial charge in [0.25, 0.3) is 0 Å². The molecule has 0 saturated heterocycles. The van der Waals surface area contributed by atoms with E-state index in [1.165, 1.54) is 11.6 Å². The summed E-state index contributed by atoms with van der Waals surface area (Å²) >= 11 is 0. The third kappa shape index (κ3) is 6.14. The van der Waals surface area contributed by atoms with E-state index < -0.39 is 0 Å². The van der Waals surface area contributed by atoms with Gasteiger partial charge in [0.2, 0.25) is 5.95 Å². The van der Waals surface area contributed by atoms with Crippen LogP contribution < -0.4 is 10.1 Å². The van der Waals surface area contributed by atoms with Gasteiger partial charge in [-0.2, -0.15) is 0 Å². The van der Waals surface area contributed by atoms with Gasteiger partial charge >= 0.3 is 0 Å². The molecule has 1 N–H and O–H groups in total. The van der Waals surface area contributed by atoms with E-state index in [0.29, 0.717) is 17.3 Å². The Morgan fingerprint density at radius 3 is 2.55 bits per heavy atom. The summed E-state index contributed by atoms with van der Waals surface area (Å²) in [5.41, 5.74) is 6.80. The molecule has 210 valence electrons. The predicted octanol–water partition coefficient (Wildman–Crippen LogP) is 7.02. The van der Waals surface area contributed by atoms with Crippen molar-refractivity contribution >= 4 is 17.3 Å². The van der Waals surface area contributed by atoms with Gasteiger partial charge < -0.3 is 15.0 Å². The van der Waals surface area contributed by atoms with E-state index in [1.807, 2.05) is 71.3 Å². The van der Waals surface area contributed by atoms with Crippen molar-refractivity contribution in [3.8, 4) is 28.4 Å². The zero-order valence-corrected chi connectivity index (χ0v) is 23.5. The molecule has 0 fully saturated rings. The number of nitrogens with zero attached hydrogens (tertiary/aromatic N) is 5. The second-order valence-electron chi connectivity index (χ2n) is 10.3. The fraction of sp³-hybridized carbons (Fsp3) is 0.147. The average Bonchev–Trinajstić information content (AvgIpc) is 3.40. The van der Waals surface area contributed by atoms with E-state index in [2.05, 4.69) is 41.4 Å². The van der Waals surface area contributed by atoms with Crippen molar-refractivity contribution in [2.45, 2.75) is 13.0 Å². The minimum Gasteiger partial charge on any atom is -0.489 e. The molecule has 0 aliphatic carbocycles. The number of fused-ring (bicyclic) bond motifs is 1. The zero-order valence-electron chi connectivity index (χ0n) is 23.5. The Balaban J connectivity index is 1.28. The van der Waals surface area contributed by atoms with Gasteiger partial charge in [-0.05, 0) is 86.7 Å². The smallest absolute Gasteiger partial charge is 0.227 e. The lowest BCUT2D eigenvalue weighted by molar-refractivity contribution is 0.300. The number of imidazole rings is 1. The lowest BCUT2D eigenvalue weighted by atomic mass is 10.1. The second-order valence-corrected chi connectivity index (χ2v) is 10.3. The summed E-state index contributed by atoms with van der Waals surface area (Å²) in [5, 5.41) is 3.37. The first-order valence-corrected chi connectivity index (χ1v) is 13.8. The van der Waals surface area contributed by atoms with Gasteiger partial charge in [0, 0.05) is 35.8 Å². The van der Waals surface area contributed by atoms with Crippen LogP contribution in [-0.4, -0.2) is 44.9 Å². The van der Waals surface area contributed by atoms with E-state index in [0.717, 1.165) is 46.9 Å². The van der Waals surface area contributed by atoms with Crippen molar-refractivity contribution in [3.63, 3.8) is 0 Å². The third-order valence-corrected chi connectivity index (χ3v) is 6.94. The first-order chi connectivity index (χ1) is 20.5. The van der Waals surface area contributed by atoms with Crippen LogP contribution in [0.2, 0.25) is 0 Å². The molecule has 0 aliphatic rings. The van der Waals surface area contributed by atoms with Gasteiger partial charge in [-0.25, -0.2) is 19.3 Å². The fourth-order valence-corrected chi connectivity index (χ4v) is 4.76. The molecule has 3 heterocycles. The summed E-state index contributed by atoms with van der Waals surface area (Å²) in [7, 11) is 4.15. The normalized spacial score (nSPS) is 11.2. The van der Waals surface area contributed by atoms with Gasteiger partial charge in [-0.3, -0.25) is 4.40 Å². The summed E-state index contributed by atoms with van der Waals surface area (Å²) < 4.78 is 21.9. The van der Waals surface area contributed by atoms with Crippen molar-refractivity contribution in [3.05, 3.63) is 126 Å². The van der Waals surface area contributed by atoms with E-state index in [9.17, 15) is 4.39 Å². The number of nitrogens with one attached hydrogen (secondary N) is 1. The first kappa shape index (κ1) is 27.1. The van der Waals surface area contributed by atoms with Gasteiger partial charge in [0.05, 0.1) is 17.1 Å². The van der Waals surface area contributed by atoms with Crippen molar-refractivity contribution < 1.29 is 9.13 Å². The summed E-state index contributed by atoms with van der Waals surface area (Å²) in [6, 6.07) is 30.4. The molecular weight excluding hydrogens is 527 g/mol. The Labute approximate surface area is 244 Å². The Kier molecular flexibility index (Phi) is 7.87. The predicted molar refractivity (Wildman–Crippen MR) is 164 cm³/mol. The number of benzene rings is 3. The molecule has 8 heteroatoms. The molecule has 6 rings (SSSR count). The molecule has 42 heavy (non-hydrogen) atoms. The number of aromatic nitrogens is 4. The number of anilines is 2. The van der Waals surface area contributed by atoms with E-state index in [4.69, 9.17) is 14.7 Å². The van der Waals surface area contributed by atoms with Gasteiger partial charge in [0.15, 0.2) is 0 Å². The first-order valence-electron chi connectivity index (χ1n) is 13.8. The summed E-state index contributed by atoms with van der Waals surface area (Å²) in [6.45, 7) is 1.13. The summed E-state index contributed by atoms with van der Waals surface area (Å²) in [5.74, 6) is 0.874. The lowest BCUT2D eigenvalue weighted by Gasteiger charge is -2.11. The number of rotatable bonds is 10. The van der Waals surface area contributed by atoms with Crippen molar-refractivity contribution in [1.82, 2.24) is 24.3 Å². The maximum Gasteiger partial charge on any atom is 0.227 e. The van der Waals surface area contributed by atoms with Crippen molar-refractivity contribution in [2.24, 2.45) is 0 Å². The lowest BCUT2D eigenvalue weighted by Crippen LogP contribution is -2.15. The van der Waals surface area contributed by atoms with Crippen molar-refractivity contribution in [2.75, 3.05) is 26.0 Å². The number of halogens is 1. The van der Waals surface area contributed by atoms with Gasteiger partial charge in [-0.1, -0.05) is 36.4 Å². The van der Waals surface area contributed by atoms with Crippen LogP contribution in [0.15, 0.2) is 109 Å². The maximum atomic E-state index is 14.0. The number of hydrogen-bond acceptors (Lipinski definition) is 6. The molecule has 6 aromatic rings. The summed E-state index contributed by atoms with van der Waals surface area (Å²) in [4.78, 5) is 16.5. The molecule has 0 amide bonds. The highest BCUT2D eigenvalue weighted by atomic mass is 19.1. The number of likely N-dealkylation sites (N-methyl/N-ethyl adjacent to an activating group) is 1. The Bertz CT molecular complexity index is 1820. The van der Waals surface area contributed by atoms with Gasteiger partial charge in [-0.15, -0.1) is 0 Å². The van der Waals surface area contributed by atoms with Gasteiger partial charge in [0.1, 0.15) is 23.8 Å². The average molecular weight is 559 g/mol. The van der Waals surface area contributed by atoms with Crippen molar-refractivity contribution in [1.29, 1.82) is 0 Å². The molecule has 0 aliphatic heterocycles. The molecule has 0 bridgehead atoms. The van der Waals surface area contributed by atoms with Crippen LogP contribution in [0.4, 0.5) is 16.0 Å². The number of ether oxygens (including phenoxy) is 1. The third-order valence-electron chi connectivity index (χ3n) is 6.94. The van der Waals surface area contributed by atoms with Crippen LogP contribution in [0.5, 0.6) is 5.75 Å². The monoisotopic (exact) mass is 558 g/mol. The molecule has 0 saturated carbocycles. The van der Waals surface area contributed by atoms with E-state index >= 15 is 0 Å². The highest BCUT2D eigenvalue weighted by molar-refractivity contribution is 5.81. The molecule has 0 atom stereocenters. The maximum absolute atomic E-state index is 14.0. The molecule has 0 spiro atoms. The fourth-order valence-electron chi connectivity index (χ4n) is 4.76. The standard InChI is InChI=1S/C34H31FN6O/c1-40(2)21-18-24-8-7-10-27(22-24)37-34-36-19-17-30(38-34)33-32(39-31-12-5-6-20-41(31)33)25-13-15-28(16-14-25)42-23-26-9-3-4-11-29(26)35/h3-17,19-20,22H,18,21,23H2,1-2H3,(H,36,37,38). The summed E-state index contributed by atoms with van der Waals surface area (Å²) in [6.07, 6.45) is 4.70. The molecule has 3 aromatic carbocycles. The van der Waals surface area contributed by atoms with E-state index in [-0.39, 0.29) is 12.4 Å². The topological polar surface area (TPSA) is 67.6 Å². The minimum absolute atomic E-state index is 0.154. The number of hydrogen-bond donors (Lipinski definition) is 1. The molecule has 7 nitrogen and oxygen atoms in total. The van der Waals surface area contributed by atoms with Crippen LogP contribution in [-0.2, 0) is 13.0 Å². The molecule has 0 unspecified atom stereocenters. The molecule has 0 radical (unpaired) electrons. The van der Waals surface area contributed by atoms with Crippen LogP contribution in [0.3, 0.4) is 0 Å². The zero-order chi connectivity index (χ0) is 28.9. The van der Waals surface area contributed by atoms with E-state index in [1.54, 1.807) is 24.4 Å². The minimum atomic E-state index is -0.279. The highest BCUT2D eigenvalue weighted by Gasteiger charge is 2.18. The van der Waals surface area contributed by atoms with Crippen LogP contribution in [0.1, 0.15) is 11.1 Å². The Morgan fingerprint density at radius 1 is 0.881 bits per heavy atom. The van der Waals surface area contributed by atoms with Crippen LogP contribution >= 0.6 is 0 Å². The SMILES string of the molecule is CN(C)CCc1cccc(Nc2nccc(-c3c(-c4ccc(OCc5ccccc5F)cc4)nc4ccccn34)n2)c1. The highest BCUT2D eigenvalue weighted by Crippen LogP contribution is 2.33. The van der Waals surface area contributed by atoms with Crippen LogP contribution in [0.25, 0.3) is 28.3 Å². The second kappa shape index (κ2) is 12.2. The largest absolute Gasteiger partial charge is 0.489 e. The Morgan fingerprint density at radius 2 is 1.71 bits per heavy atom. The Hall–Kier alpha value is -5.08. The molecule has 3 aromatic heterocycles. The van der Waals surface area contributed by atoms with Crippen LogP contribution in [0, 0.1) is 5.82 Å². The molecular formula is C34H31FN6O. The quantitative estimate of drug-likeness (QED) is 0.195.